The topological polar surface area (TPSA) is 64.8 Å². The average Bonchev–Trinajstić information content (AvgIpc) is 3.26. The first-order valence-electron chi connectivity index (χ1n) is 11.6. The number of hydrogen-bond acceptors (Lipinski definition) is 4. The van der Waals surface area contributed by atoms with E-state index in [4.69, 9.17) is 15.0 Å². The fourth-order valence-corrected chi connectivity index (χ4v) is 4.67. The monoisotopic (exact) mass is 414 g/mol. The molecule has 0 aromatic heterocycles. The lowest BCUT2D eigenvalue weighted by Gasteiger charge is -2.32. The number of hydrogen-bond donors (Lipinski definition) is 1. The Bertz CT molecular complexity index is 673. The van der Waals surface area contributed by atoms with Gasteiger partial charge in [-0.05, 0) is 85.0 Å². The number of nitrogens with zero attached hydrogens (tertiary/aromatic N) is 1. The Kier molecular flexibility index (Phi) is 7.64. The van der Waals surface area contributed by atoms with Crippen LogP contribution in [0.1, 0.15) is 65.4 Å². The number of carbonyl (C=O) groups excluding carboxylic acids is 1. The molecule has 2 fully saturated rings. The van der Waals surface area contributed by atoms with Gasteiger partial charge in [0.1, 0.15) is 0 Å². The molecule has 166 valence electrons. The Hall–Kier alpha value is -1.37. The molecule has 2 atom stereocenters. The Morgan fingerprint density at radius 3 is 2.23 bits per heavy atom. The summed E-state index contributed by atoms with van der Waals surface area (Å²) in [5.74, 6) is -0.500. The highest BCUT2D eigenvalue weighted by atomic mass is 16.7. The predicted octanol–water partition coefficient (Wildman–Crippen LogP) is 4.06. The molecule has 0 spiro atoms. The van der Waals surface area contributed by atoms with Crippen LogP contribution in [0.25, 0.3) is 0 Å². The summed E-state index contributed by atoms with van der Waals surface area (Å²) in [4.78, 5) is 15.0. The SMILES string of the molecule is CC1(C)OB([C@H](CCCc2ccccc2)C(CCN2CCCC2)C(N)=O)OC1(C)C. The van der Waals surface area contributed by atoms with E-state index in [-0.39, 0.29) is 17.6 Å². The number of rotatable bonds is 10. The van der Waals surface area contributed by atoms with Gasteiger partial charge in [-0.1, -0.05) is 36.8 Å². The van der Waals surface area contributed by atoms with E-state index in [1.165, 1.54) is 18.4 Å². The molecule has 0 radical (unpaired) electrons. The fraction of sp³-hybridized carbons (Fsp3) is 0.708. The smallest absolute Gasteiger partial charge is 0.403 e. The van der Waals surface area contributed by atoms with Crippen LogP contribution in [0.15, 0.2) is 30.3 Å². The lowest BCUT2D eigenvalue weighted by Crippen LogP contribution is -2.41. The maximum Gasteiger partial charge on any atom is 0.461 e. The largest absolute Gasteiger partial charge is 0.461 e. The van der Waals surface area contributed by atoms with E-state index < -0.39 is 18.3 Å². The third-order valence-electron chi connectivity index (χ3n) is 7.30. The van der Waals surface area contributed by atoms with Crippen molar-refractivity contribution in [3.63, 3.8) is 0 Å². The first-order chi connectivity index (χ1) is 14.2. The van der Waals surface area contributed by atoms with Gasteiger partial charge < -0.3 is 19.9 Å². The van der Waals surface area contributed by atoms with E-state index >= 15 is 0 Å². The van der Waals surface area contributed by atoms with E-state index in [2.05, 4.69) is 56.9 Å². The molecule has 0 aliphatic carbocycles. The lowest BCUT2D eigenvalue weighted by atomic mass is 9.61. The molecule has 1 amide bonds. The van der Waals surface area contributed by atoms with Crippen LogP contribution in [0.4, 0.5) is 0 Å². The second kappa shape index (κ2) is 9.84. The molecule has 30 heavy (non-hydrogen) atoms. The van der Waals surface area contributed by atoms with Crippen LogP contribution in [-0.2, 0) is 20.5 Å². The van der Waals surface area contributed by atoms with Gasteiger partial charge in [0.2, 0.25) is 5.91 Å². The van der Waals surface area contributed by atoms with Crippen LogP contribution in [0.2, 0.25) is 5.82 Å². The fourth-order valence-electron chi connectivity index (χ4n) is 4.67. The van der Waals surface area contributed by atoms with Gasteiger partial charge in [-0.15, -0.1) is 0 Å². The summed E-state index contributed by atoms with van der Waals surface area (Å²) in [6.07, 6.45) is 6.09. The van der Waals surface area contributed by atoms with Crippen molar-refractivity contribution in [3.05, 3.63) is 35.9 Å². The molecule has 1 aromatic rings. The summed E-state index contributed by atoms with van der Waals surface area (Å²) in [5.41, 5.74) is 6.44. The molecule has 2 aliphatic rings. The maximum absolute atomic E-state index is 12.6. The number of likely N-dealkylation sites (tertiary alicyclic amines) is 1. The minimum absolute atomic E-state index is 0.0325. The third-order valence-corrected chi connectivity index (χ3v) is 7.30. The van der Waals surface area contributed by atoms with E-state index in [0.29, 0.717) is 0 Å². The molecule has 2 N–H and O–H groups in total. The maximum atomic E-state index is 12.6. The van der Waals surface area contributed by atoms with Crippen LogP contribution in [-0.4, -0.2) is 48.8 Å². The van der Waals surface area contributed by atoms with Crippen molar-refractivity contribution in [1.29, 1.82) is 0 Å². The summed E-state index contributed by atoms with van der Waals surface area (Å²) in [5, 5.41) is 0. The van der Waals surface area contributed by atoms with Crippen molar-refractivity contribution < 1.29 is 14.1 Å². The number of amides is 1. The Morgan fingerprint density at radius 2 is 1.67 bits per heavy atom. The minimum atomic E-state index is -0.410. The highest BCUT2D eigenvalue weighted by Crippen LogP contribution is 2.44. The number of nitrogens with two attached hydrogens (primary N) is 1. The normalized spacial score (nSPS) is 22.9. The molecule has 3 rings (SSSR count). The van der Waals surface area contributed by atoms with Crippen molar-refractivity contribution in [2.24, 2.45) is 11.7 Å². The van der Waals surface area contributed by atoms with Gasteiger partial charge in [-0.2, -0.15) is 0 Å². The van der Waals surface area contributed by atoms with Gasteiger partial charge in [-0.3, -0.25) is 4.79 Å². The third kappa shape index (κ3) is 5.65. The predicted molar refractivity (Wildman–Crippen MR) is 122 cm³/mol. The Morgan fingerprint density at radius 1 is 1.07 bits per heavy atom. The molecule has 0 bridgehead atoms. The van der Waals surface area contributed by atoms with Crippen molar-refractivity contribution in [2.45, 2.75) is 83.2 Å². The molecular weight excluding hydrogens is 375 g/mol. The van der Waals surface area contributed by atoms with E-state index in [9.17, 15) is 4.79 Å². The number of carbonyl (C=O) groups is 1. The average molecular weight is 414 g/mol. The second-order valence-corrected chi connectivity index (χ2v) is 10.0. The highest BCUT2D eigenvalue weighted by Gasteiger charge is 2.55. The zero-order valence-corrected chi connectivity index (χ0v) is 19.2. The van der Waals surface area contributed by atoms with Crippen LogP contribution in [0.5, 0.6) is 0 Å². The van der Waals surface area contributed by atoms with Gasteiger partial charge in [0.25, 0.3) is 0 Å². The van der Waals surface area contributed by atoms with Crippen LogP contribution >= 0.6 is 0 Å². The van der Waals surface area contributed by atoms with E-state index in [1.54, 1.807) is 0 Å². The van der Waals surface area contributed by atoms with Crippen LogP contribution < -0.4 is 5.73 Å². The molecule has 5 nitrogen and oxygen atoms in total. The zero-order valence-electron chi connectivity index (χ0n) is 19.2. The Balaban J connectivity index is 1.71. The van der Waals surface area contributed by atoms with E-state index in [1.807, 2.05) is 6.07 Å². The van der Waals surface area contributed by atoms with Crippen molar-refractivity contribution in [3.8, 4) is 0 Å². The molecule has 1 unspecified atom stereocenters. The summed E-state index contributed by atoms with van der Waals surface area (Å²) < 4.78 is 12.8. The van der Waals surface area contributed by atoms with Gasteiger partial charge in [0.15, 0.2) is 0 Å². The molecular formula is C24H39BN2O3. The van der Waals surface area contributed by atoms with Crippen molar-refractivity contribution >= 4 is 13.0 Å². The van der Waals surface area contributed by atoms with Gasteiger partial charge in [-0.25, -0.2) is 0 Å². The first kappa shape index (κ1) is 23.3. The first-order valence-corrected chi connectivity index (χ1v) is 11.6. The van der Waals surface area contributed by atoms with Crippen LogP contribution in [0, 0.1) is 5.92 Å². The molecule has 0 saturated carbocycles. The summed E-state index contributed by atoms with van der Waals surface area (Å²) in [6.45, 7) is 11.4. The highest BCUT2D eigenvalue weighted by molar-refractivity contribution is 6.48. The minimum Gasteiger partial charge on any atom is -0.403 e. The van der Waals surface area contributed by atoms with Crippen LogP contribution in [0.3, 0.4) is 0 Å². The molecule has 2 heterocycles. The number of aryl methyl sites for hydroxylation is 1. The van der Waals surface area contributed by atoms with Gasteiger partial charge in [0, 0.05) is 11.7 Å². The molecule has 6 heteroatoms. The second-order valence-electron chi connectivity index (χ2n) is 10.0. The number of benzene rings is 1. The lowest BCUT2D eigenvalue weighted by molar-refractivity contribution is -0.122. The van der Waals surface area contributed by atoms with Gasteiger partial charge in [0.05, 0.1) is 11.2 Å². The molecule has 2 saturated heterocycles. The quantitative estimate of drug-likeness (QED) is 0.587. The van der Waals surface area contributed by atoms with Crippen molar-refractivity contribution in [2.75, 3.05) is 19.6 Å². The standard InChI is InChI=1S/C24H39BN2O3/c1-23(2)24(3,4)30-25(29-23)21(14-10-13-19-11-6-5-7-12-19)20(22(26)28)15-18-27-16-8-9-17-27/h5-7,11-12,20-21H,8-10,13-18H2,1-4H3,(H2,26,28)/t20?,21-/m1/s1. The van der Waals surface area contributed by atoms with E-state index in [0.717, 1.165) is 45.3 Å². The summed E-state index contributed by atoms with van der Waals surface area (Å²) >= 11 is 0. The Labute approximate surface area is 182 Å². The number of primary amides is 1. The van der Waals surface area contributed by atoms with Crippen molar-refractivity contribution in [1.82, 2.24) is 4.90 Å². The summed E-state index contributed by atoms with van der Waals surface area (Å²) in [6, 6.07) is 10.5. The van der Waals surface area contributed by atoms with Gasteiger partial charge >= 0.3 is 7.12 Å². The molecule has 2 aliphatic heterocycles. The molecule has 1 aromatic carbocycles. The summed E-state index contributed by atoms with van der Waals surface area (Å²) in [7, 11) is -0.401. The zero-order chi connectivity index (χ0) is 21.8.